The number of piperidine rings is 1. The van der Waals surface area contributed by atoms with Crippen LogP contribution in [0.1, 0.15) is 43.0 Å². The van der Waals surface area contributed by atoms with E-state index < -0.39 is 10.8 Å². The van der Waals surface area contributed by atoms with Gasteiger partial charge >= 0.3 is 0 Å². The van der Waals surface area contributed by atoms with Gasteiger partial charge in [0.25, 0.3) is 11.6 Å². The van der Waals surface area contributed by atoms with Gasteiger partial charge in [-0.05, 0) is 45.8 Å². The van der Waals surface area contributed by atoms with Crippen molar-refractivity contribution in [1.29, 1.82) is 0 Å². The SMILES string of the molecule is CCOc1cc([N+](=O)[O-])c(C(=O)NCCCN2CCCCC2)cc1OC. The highest BCUT2D eigenvalue weighted by Crippen LogP contribution is 2.34. The van der Waals surface area contributed by atoms with Crippen LogP contribution in [0.3, 0.4) is 0 Å². The van der Waals surface area contributed by atoms with E-state index in [1.807, 2.05) is 0 Å². The summed E-state index contributed by atoms with van der Waals surface area (Å²) in [5, 5.41) is 14.1. The monoisotopic (exact) mass is 365 g/mol. The maximum Gasteiger partial charge on any atom is 0.286 e. The summed E-state index contributed by atoms with van der Waals surface area (Å²) in [7, 11) is 1.43. The van der Waals surface area contributed by atoms with E-state index in [9.17, 15) is 14.9 Å². The zero-order valence-electron chi connectivity index (χ0n) is 15.5. The molecule has 0 saturated carbocycles. The molecule has 1 aromatic rings. The minimum Gasteiger partial charge on any atom is -0.493 e. The zero-order valence-corrected chi connectivity index (χ0v) is 15.5. The zero-order chi connectivity index (χ0) is 18.9. The number of nitrogens with one attached hydrogen (secondary N) is 1. The summed E-state index contributed by atoms with van der Waals surface area (Å²) in [4.78, 5) is 25.6. The van der Waals surface area contributed by atoms with Gasteiger partial charge in [0.15, 0.2) is 11.5 Å². The number of nitrogens with zero attached hydrogens (tertiary/aromatic N) is 2. The highest BCUT2D eigenvalue weighted by Gasteiger charge is 2.24. The molecule has 0 atom stereocenters. The van der Waals surface area contributed by atoms with E-state index in [2.05, 4.69) is 10.2 Å². The molecule has 0 bridgehead atoms. The smallest absolute Gasteiger partial charge is 0.286 e. The van der Waals surface area contributed by atoms with Crippen molar-refractivity contribution in [2.24, 2.45) is 0 Å². The Hall–Kier alpha value is -2.35. The van der Waals surface area contributed by atoms with E-state index >= 15 is 0 Å². The lowest BCUT2D eigenvalue weighted by atomic mass is 10.1. The van der Waals surface area contributed by atoms with Crippen LogP contribution in [0.2, 0.25) is 0 Å². The summed E-state index contributed by atoms with van der Waals surface area (Å²) in [5.41, 5.74) is -0.309. The number of hydrogen-bond donors (Lipinski definition) is 1. The Balaban J connectivity index is 2.00. The summed E-state index contributed by atoms with van der Waals surface area (Å²) >= 11 is 0. The molecule has 1 fully saturated rings. The van der Waals surface area contributed by atoms with E-state index in [1.165, 1.54) is 38.5 Å². The van der Waals surface area contributed by atoms with Crippen LogP contribution in [-0.4, -0.2) is 55.6 Å². The molecule has 1 aliphatic heterocycles. The van der Waals surface area contributed by atoms with Crippen molar-refractivity contribution in [3.8, 4) is 11.5 Å². The summed E-state index contributed by atoms with van der Waals surface area (Å²) in [6, 6.07) is 2.61. The van der Waals surface area contributed by atoms with Gasteiger partial charge in [0, 0.05) is 12.6 Å². The molecule has 1 saturated heterocycles. The largest absolute Gasteiger partial charge is 0.493 e. The number of nitro benzene ring substituents is 1. The highest BCUT2D eigenvalue weighted by molar-refractivity contribution is 5.99. The Labute approximate surface area is 153 Å². The maximum absolute atomic E-state index is 12.4. The van der Waals surface area contributed by atoms with Crippen molar-refractivity contribution < 1.29 is 19.2 Å². The van der Waals surface area contributed by atoms with Gasteiger partial charge in [0.2, 0.25) is 0 Å². The van der Waals surface area contributed by atoms with Crippen LogP contribution >= 0.6 is 0 Å². The quantitative estimate of drug-likeness (QED) is 0.411. The second kappa shape index (κ2) is 9.96. The number of ether oxygens (including phenoxy) is 2. The molecule has 0 unspecified atom stereocenters. The first-order valence-corrected chi connectivity index (χ1v) is 9.06. The fourth-order valence-electron chi connectivity index (χ4n) is 3.09. The summed E-state index contributed by atoms with van der Waals surface area (Å²) < 4.78 is 10.5. The Morgan fingerprint density at radius 3 is 2.62 bits per heavy atom. The minimum absolute atomic E-state index is 0.0201. The van der Waals surface area contributed by atoms with Crippen molar-refractivity contribution in [3.05, 3.63) is 27.8 Å². The molecule has 1 aromatic carbocycles. The topological polar surface area (TPSA) is 93.9 Å². The molecular formula is C18H27N3O5. The predicted octanol–water partition coefficient (Wildman–Crippen LogP) is 2.61. The molecule has 0 aromatic heterocycles. The van der Waals surface area contributed by atoms with Crippen molar-refractivity contribution in [2.75, 3.05) is 39.9 Å². The minimum atomic E-state index is -0.579. The van der Waals surface area contributed by atoms with Crippen LogP contribution in [0, 0.1) is 10.1 Å². The Kier molecular flexibility index (Phi) is 7.65. The Morgan fingerprint density at radius 2 is 2.00 bits per heavy atom. The molecule has 0 radical (unpaired) electrons. The van der Waals surface area contributed by atoms with Gasteiger partial charge in [-0.15, -0.1) is 0 Å². The average Bonchev–Trinajstić information content (AvgIpc) is 2.65. The second-order valence-electron chi connectivity index (χ2n) is 6.22. The summed E-state index contributed by atoms with van der Waals surface area (Å²) in [6.07, 6.45) is 4.55. The van der Waals surface area contributed by atoms with Crippen molar-refractivity contribution in [1.82, 2.24) is 10.2 Å². The van der Waals surface area contributed by atoms with Crippen LogP contribution in [0.5, 0.6) is 11.5 Å². The molecule has 1 heterocycles. The van der Waals surface area contributed by atoms with Gasteiger partial charge in [-0.3, -0.25) is 14.9 Å². The number of rotatable bonds is 9. The van der Waals surface area contributed by atoms with Crippen LogP contribution in [0.4, 0.5) is 5.69 Å². The molecule has 0 aliphatic carbocycles. The molecule has 1 aliphatic rings. The standard InChI is InChI=1S/C18H27N3O5/c1-3-26-17-13-15(21(23)24)14(12-16(17)25-2)18(22)19-8-7-11-20-9-5-4-6-10-20/h12-13H,3-11H2,1-2H3,(H,19,22). The molecule has 1 N–H and O–H groups in total. The fraction of sp³-hybridized carbons (Fsp3) is 0.611. The van der Waals surface area contributed by atoms with Gasteiger partial charge in [0.1, 0.15) is 5.56 Å². The number of hydrogen-bond acceptors (Lipinski definition) is 6. The molecule has 8 nitrogen and oxygen atoms in total. The number of carbonyl (C=O) groups excluding carboxylic acids is 1. The first kappa shape index (κ1) is 20.0. The van der Waals surface area contributed by atoms with E-state index in [0.717, 1.165) is 26.1 Å². The van der Waals surface area contributed by atoms with Crippen LogP contribution < -0.4 is 14.8 Å². The fourth-order valence-corrected chi connectivity index (χ4v) is 3.09. The van der Waals surface area contributed by atoms with Crippen LogP contribution in [-0.2, 0) is 0 Å². The molecular weight excluding hydrogens is 338 g/mol. The number of amides is 1. The first-order chi connectivity index (χ1) is 12.6. The summed E-state index contributed by atoms with van der Waals surface area (Å²) in [6.45, 7) is 5.73. The maximum atomic E-state index is 12.4. The van der Waals surface area contributed by atoms with E-state index in [-0.39, 0.29) is 17.0 Å². The molecule has 144 valence electrons. The third kappa shape index (κ3) is 5.32. The number of nitro groups is 1. The lowest BCUT2D eigenvalue weighted by Crippen LogP contribution is -2.33. The average molecular weight is 365 g/mol. The number of methoxy groups -OCH3 is 1. The molecule has 1 amide bonds. The van der Waals surface area contributed by atoms with Gasteiger partial charge in [-0.2, -0.15) is 0 Å². The molecule has 2 rings (SSSR count). The third-order valence-corrected chi connectivity index (χ3v) is 4.41. The molecule has 26 heavy (non-hydrogen) atoms. The number of likely N-dealkylation sites (tertiary alicyclic amines) is 1. The second-order valence-corrected chi connectivity index (χ2v) is 6.22. The van der Waals surface area contributed by atoms with E-state index in [1.54, 1.807) is 6.92 Å². The van der Waals surface area contributed by atoms with Gasteiger partial charge in [-0.1, -0.05) is 6.42 Å². The number of carbonyl (C=O) groups is 1. The van der Waals surface area contributed by atoms with E-state index in [0.29, 0.717) is 18.9 Å². The predicted molar refractivity (Wildman–Crippen MR) is 98.1 cm³/mol. The van der Waals surface area contributed by atoms with Crippen LogP contribution in [0.15, 0.2) is 12.1 Å². The van der Waals surface area contributed by atoms with Crippen molar-refractivity contribution in [3.63, 3.8) is 0 Å². The third-order valence-electron chi connectivity index (χ3n) is 4.41. The summed E-state index contributed by atoms with van der Waals surface area (Å²) in [5.74, 6) is 0.0796. The Bertz CT molecular complexity index is 629. The normalized spacial score (nSPS) is 14.7. The molecule has 8 heteroatoms. The van der Waals surface area contributed by atoms with Gasteiger partial charge < -0.3 is 19.7 Å². The van der Waals surface area contributed by atoms with Crippen LogP contribution in [0.25, 0.3) is 0 Å². The lowest BCUT2D eigenvalue weighted by Gasteiger charge is -2.26. The Morgan fingerprint density at radius 1 is 1.27 bits per heavy atom. The first-order valence-electron chi connectivity index (χ1n) is 9.06. The van der Waals surface area contributed by atoms with Gasteiger partial charge in [-0.25, -0.2) is 0 Å². The number of benzene rings is 1. The van der Waals surface area contributed by atoms with Gasteiger partial charge in [0.05, 0.1) is 24.7 Å². The van der Waals surface area contributed by atoms with E-state index in [4.69, 9.17) is 9.47 Å². The van der Waals surface area contributed by atoms with Crippen molar-refractivity contribution in [2.45, 2.75) is 32.6 Å². The molecule has 0 spiro atoms. The highest BCUT2D eigenvalue weighted by atomic mass is 16.6. The lowest BCUT2D eigenvalue weighted by molar-refractivity contribution is -0.385. The van der Waals surface area contributed by atoms with Crippen molar-refractivity contribution >= 4 is 11.6 Å².